The van der Waals surface area contributed by atoms with Crippen LogP contribution in [0.25, 0.3) is 0 Å². The summed E-state index contributed by atoms with van der Waals surface area (Å²) in [5.74, 6) is -0.161. The van der Waals surface area contributed by atoms with E-state index in [9.17, 15) is 23.1 Å². The zero-order chi connectivity index (χ0) is 19.4. The van der Waals surface area contributed by atoms with Crippen molar-refractivity contribution in [2.75, 3.05) is 6.54 Å². The number of hydrogen-bond acceptors (Lipinski definition) is 4. The third-order valence-electron chi connectivity index (χ3n) is 4.55. The highest BCUT2D eigenvalue weighted by Gasteiger charge is 2.33. The maximum Gasteiger partial charge on any atom is 0.416 e. The molecule has 2 aromatic rings. The molecule has 3 rings (SSSR count). The average Bonchev–Trinajstić information content (AvgIpc) is 3.11. The molecule has 144 valence electrons. The lowest BCUT2D eigenvalue weighted by Crippen LogP contribution is -2.43. The minimum absolute atomic E-state index is 0.0878. The molecule has 1 aliphatic heterocycles. The van der Waals surface area contributed by atoms with Crippen molar-refractivity contribution in [3.63, 3.8) is 0 Å². The van der Waals surface area contributed by atoms with Gasteiger partial charge in [0, 0.05) is 12.1 Å². The van der Waals surface area contributed by atoms with Crippen molar-refractivity contribution in [2.45, 2.75) is 31.1 Å². The van der Waals surface area contributed by atoms with Gasteiger partial charge in [-0.15, -0.1) is 0 Å². The molecule has 2 unspecified atom stereocenters. The molecular weight excluding hydrogens is 359 g/mol. The molecule has 2 aromatic carbocycles. The topological polar surface area (TPSA) is 73.4 Å². The van der Waals surface area contributed by atoms with E-state index in [1.807, 2.05) is 0 Å². The van der Waals surface area contributed by atoms with Crippen LogP contribution in [0.15, 0.2) is 48.5 Å². The van der Waals surface area contributed by atoms with Crippen molar-refractivity contribution in [2.24, 2.45) is 0 Å². The van der Waals surface area contributed by atoms with Gasteiger partial charge in [-0.05, 0) is 30.5 Å². The average molecular weight is 379 g/mol. The number of phenols is 1. The van der Waals surface area contributed by atoms with E-state index in [4.69, 9.17) is 0 Å². The lowest BCUT2D eigenvalue weighted by Gasteiger charge is -2.14. The van der Waals surface area contributed by atoms with Gasteiger partial charge in [-0.3, -0.25) is 4.79 Å². The molecule has 0 aliphatic carbocycles. The SMILES string of the molecule is O=C(NCCc1ccccc1C(F)(F)F)C1CC(c2ccccc2O)NN1. The van der Waals surface area contributed by atoms with E-state index in [-0.39, 0.29) is 36.2 Å². The summed E-state index contributed by atoms with van der Waals surface area (Å²) in [5.41, 5.74) is 5.97. The number of aromatic hydroxyl groups is 1. The highest BCUT2D eigenvalue weighted by Crippen LogP contribution is 2.32. The van der Waals surface area contributed by atoms with Crippen molar-refractivity contribution in [1.82, 2.24) is 16.2 Å². The highest BCUT2D eigenvalue weighted by molar-refractivity contribution is 5.82. The Morgan fingerprint density at radius 3 is 2.56 bits per heavy atom. The first-order valence-corrected chi connectivity index (χ1v) is 8.58. The third kappa shape index (κ3) is 4.58. The first kappa shape index (κ1) is 19.2. The summed E-state index contributed by atoms with van der Waals surface area (Å²) >= 11 is 0. The zero-order valence-electron chi connectivity index (χ0n) is 14.4. The van der Waals surface area contributed by atoms with Crippen molar-refractivity contribution >= 4 is 5.91 Å². The van der Waals surface area contributed by atoms with Crippen LogP contribution >= 0.6 is 0 Å². The molecule has 1 heterocycles. The molecule has 4 N–H and O–H groups in total. The van der Waals surface area contributed by atoms with Crippen molar-refractivity contribution in [1.29, 1.82) is 0 Å². The second-order valence-electron chi connectivity index (χ2n) is 6.38. The van der Waals surface area contributed by atoms with E-state index in [1.54, 1.807) is 30.3 Å². The summed E-state index contributed by atoms with van der Waals surface area (Å²) in [7, 11) is 0. The Morgan fingerprint density at radius 2 is 1.81 bits per heavy atom. The Morgan fingerprint density at radius 1 is 1.11 bits per heavy atom. The fourth-order valence-corrected chi connectivity index (χ4v) is 3.17. The molecule has 1 aliphatic rings. The first-order chi connectivity index (χ1) is 12.9. The van der Waals surface area contributed by atoms with Gasteiger partial charge in [0.2, 0.25) is 5.91 Å². The van der Waals surface area contributed by atoms with E-state index in [0.29, 0.717) is 12.0 Å². The lowest BCUT2D eigenvalue weighted by atomic mass is 10.0. The first-order valence-electron chi connectivity index (χ1n) is 8.58. The Bertz CT molecular complexity index is 811. The standard InChI is InChI=1S/C19H20F3N3O2/c20-19(21,22)14-7-3-1-5-12(14)9-10-23-18(27)16-11-15(24-25-16)13-6-2-4-8-17(13)26/h1-8,15-16,24-26H,9-11H2,(H,23,27). The molecule has 1 amide bonds. The van der Waals surface area contributed by atoms with Crippen LogP contribution in [0.3, 0.4) is 0 Å². The number of carbonyl (C=O) groups excluding carboxylic acids is 1. The molecule has 1 fully saturated rings. The number of alkyl halides is 3. The van der Waals surface area contributed by atoms with Crippen LogP contribution in [-0.2, 0) is 17.4 Å². The molecule has 1 saturated heterocycles. The Balaban J connectivity index is 1.53. The van der Waals surface area contributed by atoms with Gasteiger partial charge in [-0.25, -0.2) is 10.9 Å². The van der Waals surface area contributed by atoms with Gasteiger partial charge in [0.25, 0.3) is 0 Å². The second kappa shape index (κ2) is 7.98. The van der Waals surface area contributed by atoms with Gasteiger partial charge >= 0.3 is 6.18 Å². The molecule has 0 bridgehead atoms. The number of rotatable bonds is 5. The van der Waals surface area contributed by atoms with Crippen LogP contribution in [0.4, 0.5) is 13.2 Å². The number of nitrogens with one attached hydrogen (secondary N) is 3. The maximum absolute atomic E-state index is 13.0. The van der Waals surface area contributed by atoms with E-state index in [1.165, 1.54) is 12.1 Å². The predicted molar refractivity (Wildman–Crippen MR) is 93.7 cm³/mol. The van der Waals surface area contributed by atoms with Crippen LogP contribution in [0.2, 0.25) is 0 Å². The normalized spacial score (nSPS) is 19.8. The highest BCUT2D eigenvalue weighted by atomic mass is 19.4. The Labute approximate surface area is 154 Å². The zero-order valence-corrected chi connectivity index (χ0v) is 14.4. The van der Waals surface area contributed by atoms with Crippen LogP contribution in [0.1, 0.15) is 29.2 Å². The second-order valence-corrected chi connectivity index (χ2v) is 6.38. The van der Waals surface area contributed by atoms with Crippen LogP contribution < -0.4 is 16.2 Å². The number of hydrazine groups is 1. The summed E-state index contributed by atoms with van der Waals surface area (Å²) < 4.78 is 39.0. The number of amides is 1. The Kier molecular flexibility index (Phi) is 5.67. The molecule has 27 heavy (non-hydrogen) atoms. The maximum atomic E-state index is 13.0. The van der Waals surface area contributed by atoms with Crippen LogP contribution in [0, 0.1) is 0 Å². The van der Waals surface area contributed by atoms with Gasteiger partial charge in [0.05, 0.1) is 11.6 Å². The molecular formula is C19H20F3N3O2. The van der Waals surface area contributed by atoms with E-state index >= 15 is 0 Å². The molecule has 2 atom stereocenters. The van der Waals surface area contributed by atoms with E-state index in [0.717, 1.165) is 6.07 Å². The molecule has 5 nitrogen and oxygen atoms in total. The summed E-state index contributed by atoms with van der Waals surface area (Å²) in [6, 6.07) is 11.4. The van der Waals surface area contributed by atoms with Crippen molar-refractivity contribution in [3.05, 3.63) is 65.2 Å². The van der Waals surface area contributed by atoms with Crippen molar-refractivity contribution in [3.8, 4) is 5.75 Å². The number of carbonyl (C=O) groups is 1. The molecule has 0 radical (unpaired) electrons. The number of halogens is 3. The minimum atomic E-state index is -4.41. The molecule has 0 spiro atoms. The third-order valence-corrected chi connectivity index (χ3v) is 4.55. The summed E-state index contributed by atoms with van der Waals surface area (Å²) in [4.78, 5) is 12.3. The van der Waals surface area contributed by atoms with Crippen LogP contribution in [0.5, 0.6) is 5.75 Å². The summed E-state index contributed by atoms with van der Waals surface area (Å²) in [6.45, 7) is 0.103. The Hall–Kier alpha value is -2.58. The lowest BCUT2D eigenvalue weighted by molar-refractivity contribution is -0.138. The van der Waals surface area contributed by atoms with Gasteiger partial charge in [0.1, 0.15) is 11.8 Å². The van der Waals surface area contributed by atoms with Gasteiger partial charge in [-0.2, -0.15) is 13.2 Å². The monoisotopic (exact) mass is 379 g/mol. The molecule has 0 aromatic heterocycles. The number of hydrogen-bond donors (Lipinski definition) is 4. The quantitative estimate of drug-likeness (QED) is 0.645. The smallest absolute Gasteiger partial charge is 0.416 e. The number of para-hydroxylation sites is 1. The fourth-order valence-electron chi connectivity index (χ4n) is 3.17. The molecule has 0 saturated carbocycles. The minimum Gasteiger partial charge on any atom is -0.508 e. The predicted octanol–water partition coefficient (Wildman–Crippen LogP) is 2.68. The summed E-state index contributed by atoms with van der Waals surface area (Å²) in [5, 5.41) is 12.6. The summed E-state index contributed by atoms with van der Waals surface area (Å²) in [6.07, 6.45) is -3.91. The van der Waals surface area contributed by atoms with E-state index in [2.05, 4.69) is 16.2 Å². The number of phenolic OH excluding ortho intramolecular Hbond substituents is 1. The van der Waals surface area contributed by atoms with Gasteiger partial charge < -0.3 is 10.4 Å². The fraction of sp³-hybridized carbons (Fsp3) is 0.316. The largest absolute Gasteiger partial charge is 0.508 e. The van der Waals surface area contributed by atoms with Crippen molar-refractivity contribution < 1.29 is 23.1 Å². The number of benzene rings is 2. The van der Waals surface area contributed by atoms with E-state index < -0.39 is 17.8 Å². The molecule has 8 heteroatoms. The van der Waals surface area contributed by atoms with Crippen LogP contribution in [-0.4, -0.2) is 23.6 Å². The van der Waals surface area contributed by atoms with Gasteiger partial charge in [-0.1, -0.05) is 36.4 Å². The van der Waals surface area contributed by atoms with Gasteiger partial charge in [0.15, 0.2) is 0 Å².